The summed E-state index contributed by atoms with van der Waals surface area (Å²) in [5, 5.41) is 26.5. The molecule has 23 heavy (non-hydrogen) atoms. The Kier molecular flexibility index (Phi) is 5.67. The lowest BCUT2D eigenvalue weighted by Crippen LogP contribution is -2.36. The fraction of sp³-hybridized carbons (Fsp3) is 0.188. The topological polar surface area (TPSA) is 125 Å². The number of ether oxygens (including phenoxy) is 1. The number of benzene rings is 2. The molecule has 2 aromatic carbocycles. The van der Waals surface area contributed by atoms with E-state index >= 15 is 0 Å². The first kappa shape index (κ1) is 16.9. The van der Waals surface area contributed by atoms with Gasteiger partial charge in [0, 0.05) is 5.56 Å². The van der Waals surface area contributed by atoms with Crippen LogP contribution < -0.4 is 16.0 Å². The molecule has 0 radical (unpaired) electrons. The van der Waals surface area contributed by atoms with Crippen molar-refractivity contribution in [2.75, 3.05) is 0 Å². The number of nitrogens with two attached hydrogens (primary N) is 1. The van der Waals surface area contributed by atoms with Gasteiger partial charge in [-0.25, -0.2) is 5.48 Å². The number of carbonyl (C=O) groups is 1. The van der Waals surface area contributed by atoms with E-state index in [9.17, 15) is 4.79 Å². The second-order valence-corrected chi connectivity index (χ2v) is 4.99. The molecule has 122 valence electrons. The first-order valence-corrected chi connectivity index (χ1v) is 6.92. The standard InChI is InChI=1S/C16H18N2O5/c17-14(16(20)21)9-10-1-5-12(6-2-10)23-13-7-3-11(4-8-13)15(19)18-22/h1-8,14,16,20-22H,9,17H2,(H,18,19)/t14-/m0/s1. The number of rotatable bonds is 6. The van der Waals surface area contributed by atoms with Gasteiger partial charge in [-0.2, -0.15) is 0 Å². The van der Waals surface area contributed by atoms with Crippen molar-refractivity contribution in [3.63, 3.8) is 0 Å². The summed E-state index contributed by atoms with van der Waals surface area (Å²) in [6, 6.07) is 12.6. The minimum atomic E-state index is -1.56. The zero-order chi connectivity index (χ0) is 16.8. The summed E-state index contributed by atoms with van der Waals surface area (Å²) >= 11 is 0. The normalized spacial score (nSPS) is 12.0. The summed E-state index contributed by atoms with van der Waals surface area (Å²) in [5.74, 6) is 0.532. The van der Waals surface area contributed by atoms with Crippen LogP contribution in [0.4, 0.5) is 0 Å². The van der Waals surface area contributed by atoms with Crippen LogP contribution in [-0.4, -0.2) is 33.7 Å². The summed E-state index contributed by atoms with van der Waals surface area (Å²) in [5.41, 5.74) is 8.30. The van der Waals surface area contributed by atoms with Gasteiger partial charge in [-0.15, -0.1) is 0 Å². The van der Waals surface area contributed by atoms with Gasteiger partial charge in [0.05, 0.1) is 6.04 Å². The molecule has 0 aliphatic carbocycles. The molecule has 0 fully saturated rings. The van der Waals surface area contributed by atoms with E-state index in [1.54, 1.807) is 41.9 Å². The molecule has 2 aromatic rings. The van der Waals surface area contributed by atoms with Crippen LogP contribution in [0.2, 0.25) is 0 Å². The molecule has 0 saturated heterocycles. The molecule has 7 heteroatoms. The van der Waals surface area contributed by atoms with Crippen molar-refractivity contribution in [3.05, 3.63) is 59.7 Å². The van der Waals surface area contributed by atoms with Gasteiger partial charge in [0.15, 0.2) is 6.29 Å². The molecule has 0 unspecified atom stereocenters. The minimum Gasteiger partial charge on any atom is -0.457 e. The van der Waals surface area contributed by atoms with Gasteiger partial charge in [0.1, 0.15) is 11.5 Å². The SMILES string of the molecule is N[C@@H](Cc1ccc(Oc2ccc(C(=O)NO)cc2)cc1)C(O)O. The van der Waals surface area contributed by atoms with Gasteiger partial charge >= 0.3 is 0 Å². The van der Waals surface area contributed by atoms with Crippen LogP contribution in [0.3, 0.4) is 0 Å². The summed E-state index contributed by atoms with van der Waals surface area (Å²) in [6.07, 6.45) is -1.22. The smallest absolute Gasteiger partial charge is 0.274 e. The highest BCUT2D eigenvalue weighted by Gasteiger charge is 2.11. The number of hydrogen-bond acceptors (Lipinski definition) is 6. The van der Waals surface area contributed by atoms with Crippen LogP contribution in [0.25, 0.3) is 0 Å². The molecule has 0 heterocycles. The Morgan fingerprint density at radius 3 is 2.04 bits per heavy atom. The van der Waals surface area contributed by atoms with Crippen molar-refractivity contribution in [2.45, 2.75) is 18.8 Å². The molecule has 0 aromatic heterocycles. The van der Waals surface area contributed by atoms with Gasteiger partial charge < -0.3 is 20.7 Å². The Labute approximate surface area is 132 Å². The summed E-state index contributed by atoms with van der Waals surface area (Å²) in [4.78, 5) is 11.2. The quantitative estimate of drug-likeness (QED) is 0.304. The number of aliphatic hydroxyl groups excluding tert-OH is 1. The third-order valence-corrected chi connectivity index (χ3v) is 3.23. The Balaban J connectivity index is 1.99. The fourth-order valence-corrected chi connectivity index (χ4v) is 1.95. The number of nitrogens with one attached hydrogen (secondary N) is 1. The Hall–Kier alpha value is -2.45. The number of hydrogen-bond donors (Lipinski definition) is 5. The van der Waals surface area contributed by atoms with Crippen LogP contribution in [-0.2, 0) is 6.42 Å². The molecule has 2 rings (SSSR count). The van der Waals surface area contributed by atoms with Crippen molar-refractivity contribution in [1.82, 2.24) is 5.48 Å². The van der Waals surface area contributed by atoms with Gasteiger partial charge in [-0.1, -0.05) is 12.1 Å². The molecule has 6 N–H and O–H groups in total. The second kappa shape index (κ2) is 7.70. The van der Waals surface area contributed by atoms with Crippen molar-refractivity contribution in [1.29, 1.82) is 0 Å². The van der Waals surface area contributed by atoms with Crippen LogP contribution in [0.1, 0.15) is 15.9 Å². The molecule has 0 aliphatic rings. The molecule has 0 aliphatic heterocycles. The van der Waals surface area contributed by atoms with Crippen molar-refractivity contribution < 1.29 is 25.0 Å². The first-order chi connectivity index (χ1) is 11.0. The number of amides is 1. The Morgan fingerprint density at radius 2 is 1.57 bits per heavy atom. The Bertz CT molecular complexity index is 641. The predicted octanol–water partition coefficient (Wildman–Crippen LogP) is 0.778. The number of carbonyl (C=O) groups excluding carboxylic acids is 1. The third-order valence-electron chi connectivity index (χ3n) is 3.23. The number of hydroxylamine groups is 1. The minimum absolute atomic E-state index is 0.312. The van der Waals surface area contributed by atoms with E-state index in [-0.39, 0.29) is 0 Å². The summed E-state index contributed by atoms with van der Waals surface area (Å²) in [6.45, 7) is 0. The summed E-state index contributed by atoms with van der Waals surface area (Å²) < 4.78 is 5.63. The highest BCUT2D eigenvalue weighted by molar-refractivity contribution is 5.93. The number of aliphatic hydroxyl groups is 2. The van der Waals surface area contributed by atoms with Gasteiger partial charge in [0.2, 0.25) is 0 Å². The lowest BCUT2D eigenvalue weighted by molar-refractivity contribution is -0.0577. The summed E-state index contributed by atoms with van der Waals surface area (Å²) in [7, 11) is 0. The van der Waals surface area contributed by atoms with Crippen molar-refractivity contribution in [3.8, 4) is 11.5 Å². The maximum Gasteiger partial charge on any atom is 0.274 e. The van der Waals surface area contributed by atoms with Crippen LogP contribution >= 0.6 is 0 Å². The maximum atomic E-state index is 11.2. The lowest BCUT2D eigenvalue weighted by Gasteiger charge is -2.13. The van der Waals surface area contributed by atoms with E-state index in [0.717, 1.165) is 5.56 Å². The average molecular weight is 318 g/mol. The van der Waals surface area contributed by atoms with Crippen molar-refractivity contribution in [2.24, 2.45) is 5.73 Å². The Morgan fingerprint density at radius 1 is 1.04 bits per heavy atom. The van der Waals surface area contributed by atoms with Crippen LogP contribution in [0.5, 0.6) is 11.5 Å². The van der Waals surface area contributed by atoms with E-state index in [0.29, 0.717) is 23.5 Å². The lowest BCUT2D eigenvalue weighted by atomic mass is 10.1. The van der Waals surface area contributed by atoms with Gasteiger partial charge in [0.25, 0.3) is 5.91 Å². The largest absolute Gasteiger partial charge is 0.457 e. The van der Waals surface area contributed by atoms with Gasteiger partial charge in [-0.3, -0.25) is 10.0 Å². The molecule has 7 nitrogen and oxygen atoms in total. The molecular weight excluding hydrogens is 300 g/mol. The van der Waals surface area contributed by atoms with Crippen molar-refractivity contribution >= 4 is 5.91 Å². The molecule has 0 spiro atoms. The monoisotopic (exact) mass is 318 g/mol. The predicted molar refractivity (Wildman–Crippen MR) is 82.1 cm³/mol. The zero-order valence-electron chi connectivity index (χ0n) is 12.2. The fourth-order valence-electron chi connectivity index (χ4n) is 1.95. The van der Waals surface area contributed by atoms with E-state index in [1.165, 1.54) is 12.1 Å². The third kappa shape index (κ3) is 4.76. The maximum absolute atomic E-state index is 11.2. The van der Waals surface area contributed by atoms with Crippen LogP contribution in [0.15, 0.2) is 48.5 Å². The second-order valence-electron chi connectivity index (χ2n) is 4.99. The van der Waals surface area contributed by atoms with E-state index in [1.807, 2.05) is 0 Å². The molecule has 0 bridgehead atoms. The highest BCUT2D eigenvalue weighted by atomic mass is 16.5. The molecule has 1 atom stereocenters. The van der Waals surface area contributed by atoms with E-state index < -0.39 is 18.2 Å². The zero-order valence-corrected chi connectivity index (χ0v) is 12.2. The molecule has 1 amide bonds. The first-order valence-electron chi connectivity index (χ1n) is 6.92. The van der Waals surface area contributed by atoms with Crippen LogP contribution in [0, 0.1) is 0 Å². The van der Waals surface area contributed by atoms with E-state index in [2.05, 4.69) is 0 Å². The average Bonchev–Trinajstić information content (AvgIpc) is 2.56. The molecular formula is C16H18N2O5. The van der Waals surface area contributed by atoms with E-state index in [4.69, 9.17) is 25.9 Å². The van der Waals surface area contributed by atoms with Gasteiger partial charge in [-0.05, 0) is 48.4 Å². The molecule has 0 saturated carbocycles. The highest BCUT2D eigenvalue weighted by Crippen LogP contribution is 2.22.